The molecule has 0 aromatic heterocycles. The van der Waals surface area contributed by atoms with Gasteiger partial charge in [-0.15, -0.1) is 0 Å². The lowest BCUT2D eigenvalue weighted by molar-refractivity contribution is -0.127. The molecular formula is C16H23NO3. The van der Waals surface area contributed by atoms with Gasteiger partial charge in [0.2, 0.25) is 5.91 Å². The highest BCUT2D eigenvalue weighted by Crippen LogP contribution is 2.36. The fourth-order valence-corrected chi connectivity index (χ4v) is 2.60. The van der Waals surface area contributed by atoms with E-state index in [1.807, 2.05) is 6.07 Å². The van der Waals surface area contributed by atoms with E-state index in [1.54, 1.807) is 7.11 Å². The minimum Gasteiger partial charge on any atom is -0.496 e. The van der Waals surface area contributed by atoms with Gasteiger partial charge in [-0.1, -0.05) is 32.9 Å². The zero-order chi connectivity index (χ0) is 14.9. The zero-order valence-corrected chi connectivity index (χ0v) is 12.6. The molecule has 0 saturated carbocycles. The standard InChI is InChI=1S/C16H23NO3/c1-16(2,3)10-5-7-13(20-4)12(9-10)11-6-8-14(18)17-15(11)19/h5,7,9,11,15,19H,6,8H2,1-4H3,(H,17,18). The van der Waals surface area contributed by atoms with Crippen LogP contribution in [0, 0.1) is 0 Å². The van der Waals surface area contributed by atoms with Crippen LogP contribution >= 0.6 is 0 Å². The molecule has 0 radical (unpaired) electrons. The molecule has 0 spiro atoms. The van der Waals surface area contributed by atoms with Crippen LogP contribution in [0.2, 0.25) is 0 Å². The fourth-order valence-electron chi connectivity index (χ4n) is 2.60. The predicted molar refractivity (Wildman–Crippen MR) is 77.8 cm³/mol. The largest absolute Gasteiger partial charge is 0.496 e. The number of nitrogens with one attached hydrogen (secondary N) is 1. The minimum absolute atomic E-state index is 0.0316. The Labute approximate surface area is 120 Å². The molecule has 110 valence electrons. The van der Waals surface area contributed by atoms with Gasteiger partial charge in [-0.05, 0) is 23.5 Å². The average molecular weight is 277 g/mol. The maximum atomic E-state index is 11.3. The highest BCUT2D eigenvalue weighted by molar-refractivity contribution is 5.77. The summed E-state index contributed by atoms with van der Waals surface area (Å²) in [4.78, 5) is 11.3. The lowest BCUT2D eigenvalue weighted by Crippen LogP contribution is -2.43. The topological polar surface area (TPSA) is 58.6 Å². The second kappa shape index (κ2) is 5.44. The quantitative estimate of drug-likeness (QED) is 0.872. The molecule has 2 rings (SSSR count). The van der Waals surface area contributed by atoms with Crippen LogP contribution < -0.4 is 10.1 Å². The van der Waals surface area contributed by atoms with Gasteiger partial charge in [0, 0.05) is 17.9 Å². The van der Waals surface area contributed by atoms with Crippen LogP contribution in [0.3, 0.4) is 0 Å². The van der Waals surface area contributed by atoms with E-state index in [2.05, 4.69) is 38.2 Å². The van der Waals surface area contributed by atoms with Gasteiger partial charge in [-0.3, -0.25) is 4.79 Å². The van der Waals surface area contributed by atoms with Crippen molar-refractivity contribution in [1.82, 2.24) is 5.32 Å². The van der Waals surface area contributed by atoms with Crippen molar-refractivity contribution in [2.75, 3.05) is 7.11 Å². The van der Waals surface area contributed by atoms with Gasteiger partial charge in [0.1, 0.15) is 12.0 Å². The summed E-state index contributed by atoms with van der Waals surface area (Å²) in [6.07, 6.45) is 0.224. The number of carbonyl (C=O) groups excluding carboxylic acids is 1. The number of aliphatic hydroxyl groups is 1. The third-order valence-electron chi connectivity index (χ3n) is 3.87. The number of benzene rings is 1. The van der Waals surface area contributed by atoms with E-state index in [-0.39, 0.29) is 17.2 Å². The molecule has 2 atom stereocenters. The molecular weight excluding hydrogens is 254 g/mol. The monoisotopic (exact) mass is 277 g/mol. The molecule has 1 aromatic carbocycles. The van der Waals surface area contributed by atoms with Crippen molar-refractivity contribution < 1.29 is 14.6 Å². The highest BCUT2D eigenvalue weighted by atomic mass is 16.5. The number of rotatable bonds is 2. The number of aliphatic hydroxyl groups excluding tert-OH is 1. The number of methoxy groups -OCH3 is 1. The van der Waals surface area contributed by atoms with Crippen LogP contribution in [-0.2, 0) is 10.2 Å². The second-order valence-electron chi connectivity index (χ2n) is 6.36. The Morgan fingerprint density at radius 2 is 2.05 bits per heavy atom. The number of ether oxygens (including phenoxy) is 1. The first-order valence-corrected chi connectivity index (χ1v) is 6.99. The summed E-state index contributed by atoms with van der Waals surface area (Å²) in [7, 11) is 1.63. The van der Waals surface area contributed by atoms with Crippen LogP contribution in [-0.4, -0.2) is 24.4 Å². The predicted octanol–water partition coefficient (Wildman–Crippen LogP) is 2.30. The van der Waals surface area contributed by atoms with Crippen molar-refractivity contribution in [2.24, 2.45) is 0 Å². The van der Waals surface area contributed by atoms with Crippen molar-refractivity contribution in [1.29, 1.82) is 0 Å². The molecule has 2 N–H and O–H groups in total. The Morgan fingerprint density at radius 3 is 2.60 bits per heavy atom. The van der Waals surface area contributed by atoms with Crippen molar-refractivity contribution in [3.8, 4) is 5.75 Å². The molecule has 1 fully saturated rings. The Hall–Kier alpha value is -1.55. The number of carbonyl (C=O) groups is 1. The summed E-state index contributed by atoms with van der Waals surface area (Å²) in [5, 5.41) is 12.7. The van der Waals surface area contributed by atoms with Crippen LogP contribution in [0.25, 0.3) is 0 Å². The second-order valence-corrected chi connectivity index (χ2v) is 6.36. The van der Waals surface area contributed by atoms with E-state index < -0.39 is 6.23 Å². The minimum atomic E-state index is -0.847. The average Bonchev–Trinajstić information content (AvgIpc) is 2.37. The lowest BCUT2D eigenvalue weighted by Gasteiger charge is -2.31. The number of piperidine rings is 1. The first-order chi connectivity index (χ1) is 9.32. The SMILES string of the molecule is COc1ccc(C(C)(C)C)cc1C1CCC(=O)NC1O. The van der Waals surface area contributed by atoms with E-state index in [0.29, 0.717) is 12.8 Å². The Bertz CT molecular complexity index is 505. The summed E-state index contributed by atoms with van der Waals surface area (Å²) in [6.45, 7) is 6.45. The van der Waals surface area contributed by atoms with Crippen LogP contribution in [0.4, 0.5) is 0 Å². The van der Waals surface area contributed by atoms with Crippen molar-refractivity contribution in [2.45, 2.75) is 51.2 Å². The third kappa shape index (κ3) is 2.96. The summed E-state index contributed by atoms with van der Waals surface area (Å²) in [5.41, 5.74) is 2.19. The first-order valence-electron chi connectivity index (χ1n) is 6.99. The fraction of sp³-hybridized carbons (Fsp3) is 0.562. The highest BCUT2D eigenvalue weighted by Gasteiger charge is 2.31. The van der Waals surface area contributed by atoms with Gasteiger partial charge in [0.25, 0.3) is 0 Å². The molecule has 1 aliphatic heterocycles. The van der Waals surface area contributed by atoms with E-state index in [9.17, 15) is 9.90 Å². The molecule has 4 heteroatoms. The normalized spacial score (nSPS) is 23.4. The van der Waals surface area contributed by atoms with Gasteiger partial charge < -0.3 is 15.2 Å². The molecule has 4 nitrogen and oxygen atoms in total. The molecule has 1 aliphatic rings. The van der Waals surface area contributed by atoms with E-state index >= 15 is 0 Å². The van der Waals surface area contributed by atoms with E-state index in [1.165, 1.54) is 5.56 Å². The van der Waals surface area contributed by atoms with Gasteiger partial charge in [0.05, 0.1) is 7.11 Å². The summed E-state index contributed by atoms with van der Waals surface area (Å²) < 4.78 is 5.42. The lowest BCUT2D eigenvalue weighted by atomic mass is 9.82. The molecule has 20 heavy (non-hydrogen) atoms. The maximum Gasteiger partial charge on any atom is 0.222 e. The van der Waals surface area contributed by atoms with Gasteiger partial charge in [0.15, 0.2) is 0 Å². The van der Waals surface area contributed by atoms with Crippen LogP contribution in [0.5, 0.6) is 5.75 Å². The van der Waals surface area contributed by atoms with Gasteiger partial charge in [-0.25, -0.2) is 0 Å². The summed E-state index contributed by atoms with van der Waals surface area (Å²) >= 11 is 0. The third-order valence-corrected chi connectivity index (χ3v) is 3.87. The zero-order valence-electron chi connectivity index (χ0n) is 12.6. The molecule has 0 aliphatic carbocycles. The van der Waals surface area contributed by atoms with Crippen LogP contribution in [0.15, 0.2) is 18.2 Å². The van der Waals surface area contributed by atoms with Crippen molar-refractivity contribution in [3.05, 3.63) is 29.3 Å². The molecule has 0 bridgehead atoms. The number of hydrogen-bond donors (Lipinski definition) is 2. The molecule has 1 amide bonds. The maximum absolute atomic E-state index is 11.3. The Balaban J connectivity index is 2.40. The Morgan fingerprint density at radius 1 is 1.35 bits per heavy atom. The molecule has 1 heterocycles. The van der Waals surface area contributed by atoms with Crippen molar-refractivity contribution >= 4 is 5.91 Å². The first kappa shape index (κ1) is 14.9. The molecule has 1 aromatic rings. The van der Waals surface area contributed by atoms with Gasteiger partial charge >= 0.3 is 0 Å². The Kier molecular flexibility index (Phi) is 4.04. The van der Waals surface area contributed by atoms with E-state index in [0.717, 1.165) is 11.3 Å². The van der Waals surface area contributed by atoms with Crippen molar-refractivity contribution in [3.63, 3.8) is 0 Å². The summed E-state index contributed by atoms with van der Waals surface area (Å²) in [5.74, 6) is 0.544. The smallest absolute Gasteiger partial charge is 0.222 e. The summed E-state index contributed by atoms with van der Waals surface area (Å²) in [6, 6.07) is 6.08. The van der Waals surface area contributed by atoms with Crippen LogP contribution in [0.1, 0.15) is 50.7 Å². The number of hydrogen-bond acceptors (Lipinski definition) is 3. The van der Waals surface area contributed by atoms with Gasteiger partial charge in [-0.2, -0.15) is 0 Å². The number of amides is 1. The molecule has 1 saturated heterocycles. The van der Waals surface area contributed by atoms with E-state index in [4.69, 9.17) is 4.74 Å². The molecule has 2 unspecified atom stereocenters.